The van der Waals surface area contributed by atoms with Crippen molar-refractivity contribution in [3.05, 3.63) is 27.8 Å². The summed E-state index contributed by atoms with van der Waals surface area (Å²) >= 11 is 1.39. The van der Waals surface area contributed by atoms with Crippen LogP contribution in [0.4, 0.5) is 5.69 Å². The molecule has 0 radical (unpaired) electrons. The molecule has 0 saturated carbocycles. The number of rotatable bonds is 5. The average Bonchev–Trinajstić information content (AvgIpc) is 2.59. The Bertz CT molecular complexity index is 615. The zero-order chi connectivity index (χ0) is 17.0. The number of likely N-dealkylation sites (N-methyl/N-ethyl adjacent to an activating group) is 1. The molecule has 1 amide bonds. The third-order valence-corrected chi connectivity index (χ3v) is 4.80. The summed E-state index contributed by atoms with van der Waals surface area (Å²) in [6.45, 7) is 1.18. The summed E-state index contributed by atoms with van der Waals surface area (Å²) < 4.78 is 5.18. The molecule has 1 aliphatic heterocycles. The fourth-order valence-electron chi connectivity index (χ4n) is 2.76. The molecule has 0 bridgehead atoms. The Hall–Kier alpha value is -1.51. The van der Waals surface area contributed by atoms with Crippen molar-refractivity contribution >= 4 is 35.8 Å². The minimum atomic E-state index is -0.528. The highest BCUT2D eigenvalue weighted by Gasteiger charge is 2.30. The van der Waals surface area contributed by atoms with Gasteiger partial charge in [0.15, 0.2) is 0 Å². The van der Waals surface area contributed by atoms with E-state index in [-0.39, 0.29) is 35.6 Å². The number of halogens is 1. The second-order valence-electron chi connectivity index (χ2n) is 5.36. The SMILES string of the molecule is CNC1CCCN(C(=O)c2cc(SC)c(OC)cc2[N+](=O)[O-])C1.Cl. The average molecular weight is 376 g/mol. The van der Waals surface area contributed by atoms with E-state index < -0.39 is 4.92 Å². The lowest BCUT2D eigenvalue weighted by Crippen LogP contribution is -2.47. The molecule has 1 aliphatic rings. The van der Waals surface area contributed by atoms with Gasteiger partial charge in [0.2, 0.25) is 0 Å². The van der Waals surface area contributed by atoms with Crippen LogP contribution in [0.2, 0.25) is 0 Å². The molecule has 1 heterocycles. The van der Waals surface area contributed by atoms with Crippen LogP contribution in [0.5, 0.6) is 5.75 Å². The van der Waals surface area contributed by atoms with Crippen LogP contribution >= 0.6 is 24.2 Å². The monoisotopic (exact) mass is 375 g/mol. The first-order valence-corrected chi connectivity index (χ1v) is 8.61. The zero-order valence-corrected chi connectivity index (χ0v) is 15.5. The maximum Gasteiger partial charge on any atom is 0.285 e. The van der Waals surface area contributed by atoms with Crippen LogP contribution in [-0.4, -0.2) is 55.3 Å². The van der Waals surface area contributed by atoms with E-state index in [9.17, 15) is 14.9 Å². The van der Waals surface area contributed by atoms with Gasteiger partial charge >= 0.3 is 0 Å². The number of nitro groups is 1. The van der Waals surface area contributed by atoms with Crippen LogP contribution in [0.1, 0.15) is 23.2 Å². The van der Waals surface area contributed by atoms with Gasteiger partial charge < -0.3 is 15.0 Å². The van der Waals surface area contributed by atoms with Gasteiger partial charge in [0.1, 0.15) is 11.3 Å². The number of methoxy groups -OCH3 is 1. The molecule has 0 spiro atoms. The van der Waals surface area contributed by atoms with Crippen LogP contribution < -0.4 is 10.1 Å². The van der Waals surface area contributed by atoms with Crippen LogP contribution in [-0.2, 0) is 0 Å². The molecule has 1 fully saturated rings. The van der Waals surface area contributed by atoms with E-state index >= 15 is 0 Å². The lowest BCUT2D eigenvalue weighted by molar-refractivity contribution is -0.385. The highest BCUT2D eigenvalue weighted by molar-refractivity contribution is 7.98. The van der Waals surface area contributed by atoms with E-state index in [0.29, 0.717) is 23.7 Å². The number of likely N-dealkylation sites (tertiary alicyclic amines) is 1. The smallest absolute Gasteiger partial charge is 0.285 e. The summed E-state index contributed by atoms with van der Waals surface area (Å²) in [5.41, 5.74) is -0.0897. The molecule has 1 aromatic carbocycles. The first kappa shape index (κ1) is 20.5. The Labute approximate surface area is 151 Å². The van der Waals surface area contributed by atoms with Crippen LogP contribution in [0.25, 0.3) is 0 Å². The van der Waals surface area contributed by atoms with Crippen molar-refractivity contribution in [1.29, 1.82) is 0 Å². The second-order valence-corrected chi connectivity index (χ2v) is 6.21. The van der Waals surface area contributed by atoms with Crippen LogP contribution in [0, 0.1) is 10.1 Å². The predicted molar refractivity (Wildman–Crippen MR) is 96.7 cm³/mol. The van der Waals surface area contributed by atoms with Crippen molar-refractivity contribution in [2.45, 2.75) is 23.8 Å². The van der Waals surface area contributed by atoms with Crippen molar-refractivity contribution in [3.8, 4) is 5.75 Å². The Morgan fingerprint density at radius 3 is 2.75 bits per heavy atom. The number of hydrogen-bond acceptors (Lipinski definition) is 6. The van der Waals surface area contributed by atoms with E-state index in [1.807, 2.05) is 13.3 Å². The number of amides is 1. The molecular formula is C15H22ClN3O4S. The summed E-state index contributed by atoms with van der Waals surface area (Å²) in [6, 6.07) is 3.12. The van der Waals surface area contributed by atoms with Crippen LogP contribution in [0.15, 0.2) is 17.0 Å². The van der Waals surface area contributed by atoms with Gasteiger partial charge in [-0.05, 0) is 32.2 Å². The Morgan fingerprint density at radius 2 is 2.21 bits per heavy atom. The topological polar surface area (TPSA) is 84.7 Å². The van der Waals surface area contributed by atoms with E-state index in [1.165, 1.54) is 24.9 Å². The second kappa shape index (κ2) is 9.10. The summed E-state index contributed by atoms with van der Waals surface area (Å²) in [5.74, 6) is 0.113. The van der Waals surface area contributed by atoms with Gasteiger partial charge in [0, 0.05) is 19.1 Å². The van der Waals surface area contributed by atoms with Gasteiger partial charge in [0.25, 0.3) is 11.6 Å². The summed E-state index contributed by atoms with van der Waals surface area (Å²) in [4.78, 5) is 26.0. The number of nitrogens with zero attached hydrogens (tertiary/aromatic N) is 2. The number of piperidine rings is 1. The van der Waals surface area contributed by atoms with Gasteiger partial charge in [-0.3, -0.25) is 14.9 Å². The minimum absolute atomic E-state index is 0. The van der Waals surface area contributed by atoms with E-state index in [2.05, 4.69) is 5.32 Å². The maximum atomic E-state index is 12.8. The standard InChI is InChI=1S/C15H21N3O4S.ClH/c1-16-10-5-4-6-17(9-10)15(19)11-7-14(23-3)13(22-2)8-12(11)18(20)21;/h7-8,10,16H,4-6,9H2,1-3H3;1H. The molecule has 1 N–H and O–H groups in total. The largest absolute Gasteiger partial charge is 0.495 e. The number of ether oxygens (including phenoxy) is 1. The van der Waals surface area contributed by atoms with Crippen LogP contribution in [0.3, 0.4) is 0 Å². The molecule has 0 aromatic heterocycles. The van der Waals surface area contributed by atoms with E-state index in [0.717, 1.165) is 12.8 Å². The highest BCUT2D eigenvalue weighted by atomic mass is 35.5. The fourth-order valence-corrected chi connectivity index (χ4v) is 3.34. The van der Waals surface area contributed by atoms with Crippen molar-refractivity contribution in [3.63, 3.8) is 0 Å². The normalized spacial score (nSPS) is 17.1. The number of benzene rings is 1. The molecule has 0 aliphatic carbocycles. The Morgan fingerprint density at radius 1 is 1.50 bits per heavy atom. The highest BCUT2D eigenvalue weighted by Crippen LogP contribution is 2.35. The van der Waals surface area contributed by atoms with Gasteiger partial charge in [-0.15, -0.1) is 24.2 Å². The minimum Gasteiger partial charge on any atom is -0.495 e. The molecule has 134 valence electrons. The molecule has 7 nitrogen and oxygen atoms in total. The molecule has 2 rings (SSSR count). The maximum absolute atomic E-state index is 12.8. The summed E-state index contributed by atoms with van der Waals surface area (Å²) in [6.07, 6.45) is 3.73. The first-order valence-electron chi connectivity index (χ1n) is 7.38. The molecule has 1 atom stereocenters. The summed E-state index contributed by atoms with van der Waals surface area (Å²) in [7, 11) is 3.32. The summed E-state index contributed by atoms with van der Waals surface area (Å²) in [5, 5.41) is 14.5. The lowest BCUT2D eigenvalue weighted by atomic mass is 10.0. The van der Waals surface area contributed by atoms with Crippen molar-refractivity contribution < 1.29 is 14.5 Å². The third-order valence-electron chi connectivity index (χ3n) is 4.05. The van der Waals surface area contributed by atoms with E-state index in [1.54, 1.807) is 11.0 Å². The number of hydrogen-bond donors (Lipinski definition) is 1. The van der Waals surface area contributed by atoms with E-state index in [4.69, 9.17) is 4.74 Å². The number of carbonyl (C=O) groups excluding carboxylic acids is 1. The fraction of sp³-hybridized carbons (Fsp3) is 0.533. The van der Waals surface area contributed by atoms with Gasteiger partial charge in [-0.25, -0.2) is 0 Å². The lowest BCUT2D eigenvalue weighted by Gasteiger charge is -2.32. The Balaban J connectivity index is 0.00000288. The van der Waals surface area contributed by atoms with Crippen molar-refractivity contribution in [1.82, 2.24) is 10.2 Å². The zero-order valence-electron chi connectivity index (χ0n) is 13.9. The predicted octanol–water partition coefficient (Wildman–Crippen LogP) is 2.57. The molecular weight excluding hydrogens is 354 g/mol. The van der Waals surface area contributed by atoms with Gasteiger partial charge in [-0.1, -0.05) is 0 Å². The number of nitro benzene ring substituents is 1. The quantitative estimate of drug-likeness (QED) is 0.483. The molecule has 1 aromatic rings. The van der Waals surface area contributed by atoms with Crippen molar-refractivity contribution in [2.75, 3.05) is 33.5 Å². The third kappa shape index (κ3) is 4.31. The Kier molecular flexibility index (Phi) is 7.78. The van der Waals surface area contributed by atoms with Gasteiger partial charge in [0.05, 0.1) is 23.0 Å². The molecule has 9 heteroatoms. The number of carbonyl (C=O) groups is 1. The van der Waals surface area contributed by atoms with Gasteiger partial charge in [-0.2, -0.15) is 0 Å². The first-order chi connectivity index (χ1) is 11.0. The van der Waals surface area contributed by atoms with Crippen molar-refractivity contribution in [2.24, 2.45) is 0 Å². The molecule has 1 saturated heterocycles. The molecule has 24 heavy (non-hydrogen) atoms. The number of thioether (sulfide) groups is 1. The molecule has 1 unspecified atom stereocenters. The number of nitrogens with one attached hydrogen (secondary N) is 1.